The van der Waals surface area contributed by atoms with E-state index in [1.54, 1.807) is 29.5 Å². The molecule has 34 heavy (non-hydrogen) atoms. The van der Waals surface area contributed by atoms with E-state index in [-0.39, 0.29) is 17.8 Å². The first kappa shape index (κ1) is 25.2. The average Bonchev–Trinajstić information content (AvgIpc) is 3.22. The largest absolute Gasteiger partial charge is 0.433 e. The molecule has 2 aromatic heterocycles. The van der Waals surface area contributed by atoms with E-state index in [1.807, 2.05) is 24.3 Å². The number of para-hydroxylation sites is 2. The highest BCUT2D eigenvalue weighted by molar-refractivity contribution is 8.01. The summed E-state index contributed by atoms with van der Waals surface area (Å²) in [6.45, 7) is 0.121. The zero-order chi connectivity index (χ0) is 24.2. The van der Waals surface area contributed by atoms with Crippen LogP contribution in [-0.4, -0.2) is 42.2 Å². The Morgan fingerprint density at radius 3 is 2.44 bits per heavy atom. The zero-order valence-corrected chi connectivity index (χ0v) is 21.0. The van der Waals surface area contributed by atoms with Gasteiger partial charge in [0.15, 0.2) is 4.34 Å². The third-order valence-electron chi connectivity index (χ3n) is 4.71. The van der Waals surface area contributed by atoms with Gasteiger partial charge in [-0.15, -0.1) is 23.1 Å². The highest BCUT2D eigenvalue weighted by Gasteiger charge is 2.33. The molecule has 0 radical (unpaired) electrons. The number of rotatable bonds is 10. The number of halogens is 3. The summed E-state index contributed by atoms with van der Waals surface area (Å²) < 4.78 is 68.7. The van der Waals surface area contributed by atoms with Crippen molar-refractivity contribution < 1.29 is 21.6 Å². The molecule has 2 aromatic carbocycles. The van der Waals surface area contributed by atoms with Crippen LogP contribution in [0.3, 0.4) is 0 Å². The number of pyridine rings is 1. The number of sulfonamides is 1. The van der Waals surface area contributed by atoms with Gasteiger partial charge in [0.2, 0.25) is 10.0 Å². The molecule has 0 unspecified atom stereocenters. The Hall–Kier alpha value is -1.86. The predicted octanol–water partition coefficient (Wildman–Crippen LogP) is 6.06. The highest BCUT2D eigenvalue weighted by atomic mass is 32.2. The molecule has 0 spiro atoms. The van der Waals surface area contributed by atoms with Crippen molar-refractivity contribution in [2.45, 2.75) is 21.8 Å². The maximum atomic E-state index is 13.2. The van der Waals surface area contributed by atoms with E-state index in [9.17, 15) is 21.6 Å². The summed E-state index contributed by atoms with van der Waals surface area (Å²) in [5, 5.41) is 0.607. The molecular formula is C22H20F3N3O2S4. The standard InChI is InChI=1S/C22H20F3N3O2S4/c23-22(24,25)20-14-19(15-6-1-2-7-16(15)27-20)31-12-10-26-34(29,30)13-5-11-32-21-28-17-8-3-4-9-18(17)33-21/h1-4,6-9,14,26H,5,10-13H2. The molecule has 4 aromatic rings. The van der Waals surface area contributed by atoms with Crippen LogP contribution >= 0.6 is 34.9 Å². The number of thioether (sulfide) groups is 2. The van der Waals surface area contributed by atoms with Crippen molar-refractivity contribution in [3.05, 3.63) is 60.3 Å². The molecule has 0 saturated heterocycles. The van der Waals surface area contributed by atoms with Gasteiger partial charge in [-0.2, -0.15) is 13.2 Å². The fraction of sp³-hybridized carbons (Fsp3) is 0.273. The van der Waals surface area contributed by atoms with Crippen LogP contribution in [0.1, 0.15) is 12.1 Å². The minimum Gasteiger partial charge on any atom is -0.243 e. The summed E-state index contributed by atoms with van der Waals surface area (Å²) in [4.78, 5) is 8.63. The summed E-state index contributed by atoms with van der Waals surface area (Å²) in [7, 11) is -3.47. The van der Waals surface area contributed by atoms with E-state index in [4.69, 9.17) is 0 Å². The molecule has 4 rings (SSSR count). The number of alkyl halides is 3. The summed E-state index contributed by atoms with van der Waals surface area (Å²) >= 11 is 4.28. The molecule has 0 aliphatic rings. The Bertz CT molecular complexity index is 1360. The van der Waals surface area contributed by atoms with Crippen LogP contribution in [0.4, 0.5) is 13.2 Å². The number of fused-ring (bicyclic) bond motifs is 2. The van der Waals surface area contributed by atoms with Crippen LogP contribution in [0, 0.1) is 0 Å². The summed E-state index contributed by atoms with van der Waals surface area (Å²) in [5.74, 6) is 0.898. The van der Waals surface area contributed by atoms with Crippen molar-refractivity contribution in [2.24, 2.45) is 0 Å². The van der Waals surface area contributed by atoms with Crippen molar-refractivity contribution in [3.8, 4) is 0 Å². The van der Waals surface area contributed by atoms with Gasteiger partial charge in [0.25, 0.3) is 0 Å². The lowest BCUT2D eigenvalue weighted by molar-refractivity contribution is -0.141. The van der Waals surface area contributed by atoms with Crippen LogP contribution < -0.4 is 4.72 Å². The Kier molecular flexibility index (Phi) is 8.03. The lowest BCUT2D eigenvalue weighted by Crippen LogP contribution is -2.28. The second-order valence-corrected chi connectivity index (χ2v) is 12.7. The third-order valence-corrected chi connectivity index (χ3v) is 9.50. The van der Waals surface area contributed by atoms with Crippen molar-refractivity contribution in [2.75, 3.05) is 23.8 Å². The van der Waals surface area contributed by atoms with E-state index < -0.39 is 21.9 Å². The molecule has 0 aliphatic carbocycles. The first-order valence-corrected chi connectivity index (χ1v) is 14.7. The molecule has 0 saturated carbocycles. The van der Waals surface area contributed by atoms with Crippen LogP contribution in [-0.2, 0) is 16.2 Å². The Balaban J connectivity index is 1.25. The van der Waals surface area contributed by atoms with Crippen LogP contribution in [0.25, 0.3) is 21.1 Å². The lowest BCUT2D eigenvalue weighted by atomic mass is 10.2. The minimum absolute atomic E-state index is 0.0219. The van der Waals surface area contributed by atoms with Gasteiger partial charge < -0.3 is 0 Å². The molecular weight excluding hydrogens is 524 g/mol. The molecule has 0 amide bonds. The van der Waals surface area contributed by atoms with Crippen molar-refractivity contribution in [1.29, 1.82) is 0 Å². The quantitative estimate of drug-likeness (QED) is 0.194. The number of benzene rings is 2. The monoisotopic (exact) mass is 543 g/mol. The van der Waals surface area contributed by atoms with Crippen molar-refractivity contribution >= 4 is 66.0 Å². The number of hydrogen-bond acceptors (Lipinski definition) is 7. The van der Waals surface area contributed by atoms with Gasteiger partial charge in [-0.3, -0.25) is 0 Å². The van der Waals surface area contributed by atoms with Gasteiger partial charge in [0.1, 0.15) is 5.69 Å². The van der Waals surface area contributed by atoms with Crippen LogP contribution in [0.2, 0.25) is 0 Å². The second kappa shape index (κ2) is 10.8. The normalized spacial score (nSPS) is 12.6. The Morgan fingerprint density at radius 2 is 1.68 bits per heavy atom. The zero-order valence-electron chi connectivity index (χ0n) is 17.7. The molecule has 5 nitrogen and oxygen atoms in total. The Morgan fingerprint density at radius 1 is 0.941 bits per heavy atom. The first-order chi connectivity index (χ1) is 16.2. The number of hydrogen-bond donors (Lipinski definition) is 1. The molecule has 0 aliphatic heterocycles. The number of thiazole rings is 1. The van der Waals surface area contributed by atoms with E-state index in [1.165, 1.54) is 29.6 Å². The predicted molar refractivity (Wildman–Crippen MR) is 134 cm³/mol. The maximum absolute atomic E-state index is 13.2. The van der Waals surface area contributed by atoms with Gasteiger partial charge in [-0.1, -0.05) is 42.1 Å². The number of nitrogens with one attached hydrogen (secondary N) is 1. The molecule has 0 atom stereocenters. The van der Waals surface area contributed by atoms with Crippen LogP contribution in [0.15, 0.2) is 63.8 Å². The van der Waals surface area contributed by atoms with Crippen LogP contribution in [0.5, 0.6) is 0 Å². The highest BCUT2D eigenvalue weighted by Crippen LogP contribution is 2.34. The fourth-order valence-electron chi connectivity index (χ4n) is 3.16. The maximum Gasteiger partial charge on any atom is 0.433 e. The van der Waals surface area contributed by atoms with E-state index in [0.717, 1.165) is 20.6 Å². The second-order valence-electron chi connectivity index (χ2n) is 7.23. The molecule has 2 heterocycles. The molecule has 180 valence electrons. The van der Waals surface area contributed by atoms with Gasteiger partial charge in [-0.25, -0.2) is 23.1 Å². The lowest BCUT2D eigenvalue weighted by Gasteiger charge is -2.12. The topological polar surface area (TPSA) is 72.0 Å². The molecule has 1 N–H and O–H groups in total. The molecule has 0 bridgehead atoms. The smallest absolute Gasteiger partial charge is 0.243 e. The Labute approximate surface area is 207 Å². The van der Waals surface area contributed by atoms with Gasteiger partial charge >= 0.3 is 6.18 Å². The summed E-state index contributed by atoms with van der Waals surface area (Å²) in [6, 6.07) is 15.5. The SMILES string of the molecule is O=S(=O)(CCCSc1nc2ccccc2s1)NCCSc1cc(C(F)(F)F)nc2ccccc12. The van der Waals surface area contributed by atoms with E-state index >= 15 is 0 Å². The minimum atomic E-state index is -4.55. The average molecular weight is 544 g/mol. The number of nitrogens with zero attached hydrogens (tertiary/aromatic N) is 2. The number of aromatic nitrogens is 2. The molecule has 0 fully saturated rings. The summed E-state index contributed by atoms with van der Waals surface area (Å²) in [6.07, 6.45) is -4.09. The molecule has 12 heteroatoms. The van der Waals surface area contributed by atoms with Gasteiger partial charge in [0, 0.05) is 28.3 Å². The van der Waals surface area contributed by atoms with E-state index in [0.29, 0.717) is 28.2 Å². The van der Waals surface area contributed by atoms with E-state index in [2.05, 4.69) is 14.7 Å². The van der Waals surface area contributed by atoms with Crippen molar-refractivity contribution in [1.82, 2.24) is 14.7 Å². The summed E-state index contributed by atoms with van der Waals surface area (Å²) in [5.41, 5.74) is 0.233. The van der Waals surface area contributed by atoms with Gasteiger partial charge in [0.05, 0.1) is 21.5 Å². The fourth-order valence-corrected chi connectivity index (χ4v) is 7.58. The van der Waals surface area contributed by atoms with Crippen molar-refractivity contribution in [3.63, 3.8) is 0 Å². The first-order valence-electron chi connectivity index (χ1n) is 10.3. The van der Waals surface area contributed by atoms with Gasteiger partial charge in [-0.05, 0) is 30.7 Å². The third kappa shape index (κ3) is 6.63.